The number of rotatable bonds is 6. The lowest BCUT2D eigenvalue weighted by atomic mass is 10.0. The number of ether oxygens (including phenoxy) is 2. The number of nitrogens with zero attached hydrogens (tertiary/aromatic N) is 4. The maximum absolute atomic E-state index is 13.4. The third kappa shape index (κ3) is 4.65. The summed E-state index contributed by atoms with van der Waals surface area (Å²) in [5, 5.41) is 6.75. The van der Waals surface area contributed by atoms with Crippen LogP contribution in [-0.2, 0) is 17.2 Å². The van der Waals surface area contributed by atoms with Crippen molar-refractivity contribution in [1.29, 1.82) is 0 Å². The number of carbonyl (C=O) groups is 1. The largest absolute Gasteiger partial charge is 0.497 e. The molecule has 0 saturated heterocycles. The van der Waals surface area contributed by atoms with Crippen molar-refractivity contribution < 1.29 is 31.6 Å². The minimum absolute atomic E-state index is 0.0323. The minimum Gasteiger partial charge on any atom is -0.497 e. The summed E-state index contributed by atoms with van der Waals surface area (Å²) in [7, 11) is 1.31. The monoisotopic (exact) mass is 544 g/mol. The van der Waals surface area contributed by atoms with E-state index in [4.69, 9.17) is 9.47 Å². The van der Waals surface area contributed by atoms with Gasteiger partial charge in [-0.3, -0.25) is 9.52 Å². The number of benzene rings is 2. The Kier molecular flexibility index (Phi) is 6.26. The van der Waals surface area contributed by atoms with Crippen LogP contribution in [0.2, 0.25) is 0 Å². The maximum atomic E-state index is 13.4. The van der Waals surface area contributed by atoms with Gasteiger partial charge in [0.25, 0.3) is 5.91 Å². The first-order chi connectivity index (χ1) is 18.1. The van der Waals surface area contributed by atoms with Crippen LogP contribution in [0, 0.1) is 6.92 Å². The zero-order valence-corrected chi connectivity index (χ0v) is 20.9. The number of carbonyl (C=O) groups excluding carboxylic acids is 1. The van der Waals surface area contributed by atoms with Crippen molar-refractivity contribution in [2.24, 2.45) is 0 Å². The zero-order valence-electron chi connectivity index (χ0n) is 20.1. The standard InChI is InChI=1S/C24H19F3N6O4S/c1-12-6-20(24(25,26)27)31-33(12)21-18(13-4-5-19-17(7-13)22(34)32-38(19)35)11-28-23(30-21)29-14-8-15(36-2)10-16(9-14)37-3/h4-11H,1-3H3,(H,32,34)(H,28,29,30). The fraction of sp³-hybridized carbons (Fsp3) is 0.167. The van der Waals surface area contributed by atoms with E-state index in [1.165, 1.54) is 39.5 Å². The lowest BCUT2D eigenvalue weighted by Crippen LogP contribution is -2.15. The number of hydrogen-bond acceptors (Lipinski definition) is 8. The Morgan fingerprint density at radius 3 is 2.37 bits per heavy atom. The molecule has 0 spiro atoms. The van der Waals surface area contributed by atoms with E-state index in [0.717, 1.165) is 10.7 Å². The summed E-state index contributed by atoms with van der Waals surface area (Å²) in [5.74, 6) is 0.556. The fourth-order valence-corrected chi connectivity index (χ4v) is 4.80. The summed E-state index contributed by atoms with van der Waals surface area (Å²) < 4.78 is 66.3. The van der Waals surface area contributed by atoms with Crippen LogP contribution in [-0.4, -0.2) is 44.1 Å². The van der Waals surface area contributed by atoms with Gasteiger partial charge in [0, 0.05) is 41.3 Å². The van der Waals surface area contributed by atoms with Gasteiger partial charge in [-0.15, -0.1) is 0 Å². The highest BCUT2D eigenvalue weighted by atomic mass is 32.2. The van der Waals surface area contributed by atoms with Crippen LogP contribution in [0.4, 0.5) is 24.8 Å². The van der Waals surface area contributed by atoms with Gasteiger partial charge in [-0.05, 0) is 30.7 Å². The molecule has 1 unspecified atom stereocenters. The normalized spacial score (nSPS) is 14.7. The molecule has 0 aliphatic carbocycles. The molecule has 38 heavy (non-hydrogen) atoms. The molecule has 0 bridgehead atoms. The molecule has 0 radical (unpaired) electrons. The van der Waals surface area contributed by atoms with E-state index >= 15 is 0 Å². The number of anilines is 2. The molecule has 2 N–H and O–H groups in total. The molecular weight excluding hydrogens is 525 g/mol. The third-order valence-corrected chi connectivity index (χ3v) is 6.80. The molecule has 14 heteroatoms. The second-order valence-corrected chi connectivity index (χ2v) is 9.33. The molecule has 2 aromatic carbocycles. The van der Waals surface area contributed by atoms with E-state index < -0.39 is 28.8 Å². The number of alkyl halides is 3. The van der Waals surface area contributed by atoms with Gasteiger partial charge in [0.15, 0.2) is 22.5 Å². The Morgan fingerprint density at radius 2 is 1.74 bits per heavy atom. The van der Waals surface area contributed by atoms with E-state index in [9.17, 15) is 22.2 Å². The number of fused-ring (bicyclic) bond motifs is 1. The zero-order chi connectivity index (χ0) is 27.2. The summed E-state index contributed by atoms with van der Waals surface area (Å²) in [6.45, 7) is 1.47. The summed E-state index contributed by atoms with van der Waals surface area (Å²) in [6, 6.07) is 10.5. The highest BCUT2D eigenvalue weighted by molar-refractivity contribution is 7.84. The van der Waals surface area contributed by atoms with Crippen molar-refractivity contribution in [3.63, 3.8) is 0 Å². The van der Waals surface area contributed by atoms with Gasteiger partial charge in [0.1, 0.15) is 11.5 Å². The van der Waals surface area contributed by atoms with Gasteiger partial charge in [-0.2, -0.15) is 23.3 Å². The predicted molar refractivity (Wildman–Crippen MR) is 131 cm³/mol. The Morgan fingerprint density at radius 1 is 1.03 bits per heavy atom. The Balaban J connectivity index is 1.65. The van der Waals surface area contributed by atoms with E-state index in [1.807, 2.05) is 0 Å². The number of aryl methyl sites for hydroxylation is 1. The first-order valence-corrected chi connectivity index (χ1v) is 12.1. The summed E-state index contributed by atoms with van der Waals surface area (Å²) in [6.07, 6.45) is -3.26. The van der Waals surface area contributed by atoms with Crippen molar-refractivity contribution in [1.82, 2.24) is 24.5 Å². The Labute approximate surface area is 216 Å². The average molecular weight is 545 g/mol. The van der Waals surface area contributed by atoms with Gasteiger partial charge in [0.05, 0.1) is 24.7 Å². The lowest BCUT2D eigenvalue weighted by molar-refractivity contribution is -0.141. The molecule has 3 heterocycles. The predicted octanol–water partition coefficient (Wildman–Crippen LogP) is 4.18. The lowest BCUT2D eigenvalue weighted by Gasteiger charge is -2.14. The molecule has 2 aromatic heterocycles. The van der Waals surface area contributed by atoms with E-state index in [0.29, 0.717) is 33.2 Å². The van der Waals surface area contributed by atoms with Crippen molar-refractivity contribution in [2.45, 2.75) is 18.0 Å². The van der Waals surface area contributed by atoms with E-state index in [2.05, 4.69) is 25.1 Å². The van der Waals surface area contributed by atoms with Gasteiger partial charge >= 0.3 is 6.18 Å². The molecule has 10 nitrogen and oxygen atoms in total. The van der Waals surface area contributed by atoms with Gasteiger partial charge in [-0.25, -0.2) is 13.9 Å². The molecule has 5 rings (SSSR count). The number of halogens is 3. The van der Waals surface area contributed by atoms with Gasteiger partial charge < -0.3 is 14.8 Å². The SMILES string of the molecule is COc1cc(Nc2ncc(-c3ccc4c(c3)C(=O)NS4=O)c(-n3nc(C(F)(F)F)cc3C)n2)cc(OC)c1. The van der Waals surface area contributed by atoms with Crippen LogP contribution in [0.3, 0.4) is 0 Å². The first-order valence-electron chi connectivity index (χ1n) is 11.0. The van der Waals surface area contributed by atoms with Crippen LogP contribution in [0.5, 0.6) is 11.5 Å². The van der Waals surface area contributed by atoms with Gasteiger partial charge in [-0.1, -0.05) is 6.07 Å². The molecule has 196 valence electrons. The van der Waals surface area contributed by atoms with Gasteiger partial charge in [0.2, 0.25) is 5.95 Å². The van der Waals surface area contributed by atoms with Crippen LogP contribution < -0.4 is 19.5 Å². The molecule has 0 fully saturated rings. The van der Waals surface area contributed by atoms with Crippen LogP contribution >= 0.6 is 0 Å². The third-order valence-electron chi connectivity index (χ3n) is 5.68. The molecule has 1 aliphatic heterocycles. The Hall–Kier alpha value is -4.46. The fourth-order valence-electron chi connectivity index (χ4n) is 3.87. The molecule has 4 aromatic rings. The topological polar surface area (TPSA) is 120 Å². The minimum atomic E-state index is -4.67. The second kappa shape index (κ2) is 9.45. The number of hydrogen-bond donors (Lipinski definition) is 2. The van der Waals surface area contributed by atoms with Crippen LogP contribution in [0.15, 0.2) is 53.6 Å². The highest BCUT2D eigenvalue weighted by Gasteiger charge is 2.35. The molecule has 1 amide bonds. The maximum Gasteiger partial charge on any atom is 0.435 e. The number of amides is 1. The van der Waals surface area contributed by atoms with Crippen molar-refractivity contribution in [2.75, 3.05) is 19.5 Å². The molecule has 0 saturated carbocycles. The molecule has 1 atom stereocenters. The van der Waals surface area contributed by atoms with Crippen LogP contribution in [0.1, 0.15) is 21.7 Å². The summed E-state index contributed by atoms with van der Waals surface area (Å²) in [4.78, 5) is 21.4. The van der Waals surface area contributed by atoms with Crippen molar-refractivity contribution in [3.8, 4) is 28.4 Å². The van der Waals surface area contributed by atoms with Crippen LogP contribution in [0.25, 0.3) is 16.9 Å². The molecule has 1 aliphatic rings. The number of methoxy groups -OCH3 is 2. The average Bonchev–Trinajstić information content (AvgIpc) is 3.42. The van der Waals surface area contributed by atoms with Crippen molar-refractivity contribution in [3.05, 3.63) is 65.6 Å². The van der Waals surface area contributed by atoms with Crippen molar-refractivity contribution >= 4 is 28.5 Å². The summed E-state index contributed by atoms with van der Waals surface area (Å²) in [5.41, 5.74) is 0.495. The molecular formula is C24H19F3N6O4S. The second-order valence-electron chi connectivity index (χ2n) is 8.15. The number of nitrogens with one attached hydrogen (secondary N) is 2. The number of aromatic nitrogens is 4. The summed E-state index contributed by atoms with van der Waals surface area (Å²) >= 11 is 0. The Bertz CT molecular complexity index is 1580. The first kappa shape index (κ1) is 25.2. The smallest absolute Gasteiger partial charge is 0.435 e. The van der Waals surface area contributed by atoms with E-state index in [-0.39, 0.29) is 23.0 Å². The van der Waals surface area contributed by atoms with E-state index in [1.54, 1.807) is 24.3 Å². The quantitative estimate of drug-likeness (QED) is 0.371. The highest BCUT2D eigenvalue weighted by Crippen LogP contribution is 2.34.